The number of amides is 1. The fourth-order valence-corrected chi connectivity index (χ4v) is 6.68. The quantitative estimate of drug-likeness (QED) is 0.620. The molecule has 2 fully saturated rings. The lowest BCUT2D eigenvalue weighted by molar-refractivity contribution is -0.126. The molecule has 0 aromatic heterocycles. The van der Waals surface area contributed by atoms with E-state index in [2.05, 4.69) is 24.1 Å². The first-order valence-electron chi connectivity index (χ1n) is 11.8. The zero-order valence-electron chi connectivity index (χ0n) is 19.3. The molecule has 2 atom stereocenters. The van der Waals surface area contributed by atoms with Gasteiger partial charge in [0.1, 0.15) is 0 Å². The summed E-state index contributed by atoms with van der Waals surface area (Å²) in [7, 11) is -3.35. The second-order valence-corrected chi connectivity index (χ2v) is 11.7. The molecule has 0 aliphatic carbocycles. The zero-order chi connectivity index (χ0) is 22.4. The molecule has 0 unspecified atom stereocenters. The average Bonchev–Trinajstić information content (AvgIpc) is 2.70. The van der Waals surface area contributed by atoms with E-state index in [9.17, 15) is 13.2 Å². The molecule has 3 rings (SSSR count). The van der Waals surface area contributed by atoms with Gasteiger partial charge >= 0.3 is 0 Å². The summed E-state index contributed by atoms with van der Waals surface area (Å²) >= 11 is 0. The number of aryl methyl sites for hydroxylation is 1. The number of piperidine rings is 2. The van der Waals surface area contributed by atoms with Crippen molar-refractivity contribution in [2.45, 2.75) is 52.2 Å². The van der Waals surface area contributed by atoms with Crippen molar-refractivity contribution < 1.29 is 13.2 Å². The van der Waals surface area contributed by atoms with Gasteiger partial charge in [-0.25, -0.2) is 12.7 Å². The molecule has 0 saturated carbocycles. The monoisotopic (exact) mass is 449 g/mol. The van der Waals surface area contributed by atoms with Crippen molar-refractivity contribution in [3.63, 3.8) is 0 Å². The first kappa shape index (κ1) is 24.2. The number of carbonyl (C=O) groups is 1. The predicted molar refractivity (Wildman–Crippen MR) is 125 cm³/mol. The minimum atomic E-state index is -3.35. The van der Waals surface area contributed by atoms with Gasteiger partial charge in [0.15, 0.2) is 0 Å². The van der Waals surface area contributed by atoms with E-state index in [0.717, 1.165) is 49.0 Å². The number of carbonyl (C=O) groups excluding carboxylic acids is 1. The highest BCUT2D eigenvalue weighted by molar-refractivity contribution is 7.88. The lowest BCUT2D eigenvalue weighted by atomic mass is 9.92. The molecule has 2 aliphatic heterocycles. The molecule has 1 N–H and O–H groups in total. The maximum absolute atomic E-state index is 12.8. The van der Waals surface area contributed by atoms with Crippen molar-refractivity contribution in [3.8, 4) is 0 Å². The van der Waals surface area contributed by atoms with Crippen LogP contribution in [0, 0.1) is 24.7 Å². The van der Waals surface area contributed by atoms with Gasteiger partial charge in [-0.1, -0.05) is 43.7 Å². The summed E-state index contributed by atoms with van der Waals surface area (Å²) in [6.45, 7) is 11.5. The number of hydrogen-bond donors (Lipinski definition) is 1. The van der Waals surface area contributed by atoms with Crippen LogP contribution in [-0.2, 0) is 20.6 Å². The van der Waals surface area contributed by atoms with Crippen LogP contribution in [0.3, 0.4) is 0 Å². The van der Waals surface area contributed by atoms with Crippen molar-refractivity contribution in [2.24, 2.45) is 17.8 Å². The highest BCUT2D eigenvalue weighted by atomic mass is 32.2. The molecule has 0 radical (unpaired) electrons. The highest BCUT2D eigenvalue weighted by Crippen LogP contribution is 2.23. The van der Waals surface area contributed by atoms with E-state index in [4.69, 9.17) is 0 Å². The molecule has 7 heteroatoms. The van der Waals surface area contributed by atoms with Crippen molar-refractivity contribution in [1.29, 1.82) is 0 Å². The maximum Gasteiger partial charge on any atom is 0.223 e. The van der Waals surface area contributed by atoms with E-state index in [0.29, 0.717) is 32.5 Å². The molecule has 1 amide bonds. The third kappa shape index (κ3) is 7.29. The maximum atomic E-state index is 12.8. The summed E-state index contributed by atoms with van der Waals surface area (Å²) in [6.07, 6.45) is 3.47. The molecule has 1 aromatic rings. The van der Waals surface area contributed by atoms with Gasteiger partial charge in [-0.2, -0.15) is 0 Å². The van der Waals surface area contributed by atoms with Gasteiger partial charge in [0, 0.05) is 38.6 Å². The summed E-state index contributed by atoms with van der Waals surface area (Å²) < 4.78 is 27.1. The first-order valence-corrected chi connectivity index (χ1v) is 13.4. The highest BCUT2D eigenvalue weighted by Gasteiger charge is 2.31. The van der Waals surface area contributed by atoms with E-state index in [1.807, 2.05) is 31.2 Å². The Hall–Kier alpha value is -1.44. The van der Waals surface area contributed by atoms with Crippen molar-refractivity contribution >= 4 is 15.9 Å². The molecule has 2 saturated heterocycles. The van der Waals surface area contributed by atoms with E-state index >= 15 is 0 Å². The van der Waals surface area contributed by atoms with Gasteiger partial charge in [0.2, 0.25) is 15.9 Å². The third-order valence-electron chi connectivity index (χ3n) is 6.54. The van der Waals surface area contributed by atoms with Crippen molar-refractivity contribution in [1.82, 2.24) is 14.5 Å². The second-order valence-electron chi connectivity index (χ2n) is 9.77. The molecule has 6 nitrogen and oxygen atoms in total. The van der Waals surface area contributed by atoms with Crippen LogP contribution in [0.2, 0.25) is 0 Å². The third-order valence-corrected chi connectivity index (χ3v) is 8.39. The van der Waals surface area contributed by atoms with Gasteiger partial charge in [0.25, 0.3) is 0 Å². The van der Waals surface area contributed by atoms with E-state index in [1.54, 1.807) is 4.31 Å². The van der Waals surface area contributed by atoms with Crippen LogP contribution >= 0.6 is 0 Å². The number of sulfonamides is 1. The number of hydrogen-bond acceptors (Lipinski definition) is 4. The molecule has 174 valence electrons. The van der Waals surface area contributed by atoms with E-state index in [-0.39, 0.29) is 17.6 Å². The fraction of sp³-hybridized carbons (Fsp3) is 0.708. The molecule has 31 heavy (non-hydrogen) atoms. The Balaban J connectivity index is 1.37. The fourth-order valence-electron chi connectivity index (χ4n) is 5.13. The summed E-state index contributed by atoms with van der Waals surface area (Å²) in [6, 6.07) is 7.63. The molecule has 2 aliphatic rings. The van der Waals surface area contributed by atoms with Crippen LogP contribution in [0.25, 0.3) is 0 Å². The number of nitrogens with zero attached hydrogens (tertiary/aromatic N) is 2. The summed E-state index contributed by atoms with van der Waals surface area (Å²) in [5.41, 5.74) is 1.88. The standard InChI is InChI=1S/C24H39N3O3S/c1-19-6-4-7-22(15-19)18-31(29,30)27-12-8-23(9-13-27)24(28)25-10-5-11-26-16-20(2)14-21(3)17-26/h4,6-7,15,20-21,23H,5,8-14,16-18H2,1-3H3,(H,25,28)/t20-,21+. The normalized spacial score (nSPS) is 24.2. The van der Waals surface area contributed by atoms with E-state index < -0.39 is 10.0 Å². The predicted octanol–water partition coefficient (Wildman–Crippen LogP) is 3.02. The molecule has 0 bridgehead atoms. The SMILES string of the molecule is Cc1cccc(CS(=O)(=O)N2CCC(C(=O)NCCCN3C[C@H](C)C[C@H](C)C3)CC2)c1. The van der Waals surface area contributed by atoms with Crippen LogP contribution in [-0.4, -0.2) is 62.8 Å². The lowest BCUT2D eigenvalue weighted by Gasteiger charge is -2.35. The first-order chi connectivity index (χ1) is 14.7. The van der Waals surface area contributed by atoms with Gasteiger partial charge in [-0.05, 0) is 56.6 Å². The number of likely N-dealkylation sites (tertiary alicyclic amines) is 1. The van der Waals surface area contributed by atoms with Crippen molar-refractivity contribution in [2.75, 3.05) is 39.3 Å². The Morgan fingerprint density at radius 2 is 1.81 bits per heavy atom. The average molecular weight is 450 g/mol. The van der Waals surface area contributed by atoms with Crippen LogP contribution in [0.4, 0.5) is 0 Å². The minimum absolute atomic E-state index is 0.0271. The number of rotatable bonds is 8. The van der Waals surface area contributed by atoms with E-state index in [1.165, 1.54) is 6.42 Å². The smallest absolute Gasteiger partial charge is 0.223 e. The number of nitrogens with one attached hydrogen (secondary N) is 1. The van der Waals surface area contributed by atoms with Crippen molar-refractivity contribution in [3.05, 3.63) is 35.4 Å². The van der Waals surface area contributed by atoms with Crippen LogP contribution in [0.15, 0.2) is 24.3 Å². The van der Waals surface area contributed by atoms with Crippen LogP contribution in [0.5, 0.6) is 0 Å². The summed E-state index contributed by atoms with van der Waals surface area (Å²) in [5.74, 6) is 1.53. The lowest BCUT2D eigenvalue weighted by Crippen LogP contribution is -2.44. The van der Waals surface area contributed by atoms with Gasteiger partial charge in [-0.3, -0.25) is 4.79 Å². The summed E-state index contributed by atoms with van der Waals surface area (Å²) in [4.78, 5) is 15.1. The van der Waals surface area contributed by atoms with Gasteiger partial charge < -0.3 is 10.2 Å². The topological polar surface area (TPSA) is 69.7 Å². The Kier molecular flexibility index (Phi) is 8.53. The molecular formula is C24H39N3O3S. The Bertz CT molecular complexity index is 824. The Morgan fingerprint density at radius 1 is 1.13 bits per heavy atom. The second kappa shape index (κ2) is 10.9. The minimum Gasteiger partial charge on any atom is -0.356 e. The Morgan fingerprint density at radius 3 is 2.45 bits per heavy atom. The van der Waals surface area contributed by atoms with Gasteiger partial charge in [-0.15, -0.1) is 0 Å². The number of benzene rings is 1. The Labute approximate surface area is 188 Å². The van der Waals surface area contributed by atoms with Gasteiger partial charge in [0.05, 0.1) is 5.75 Å². The largest absolute Gasteiger partial charge is 0.356 e. The molecule has 1 aromatic carbocycles. The molecule has 0 spiro atoms. The summed E-state index contributed by atoms with van der Waals surface area (Å²) in [5, 5.41) is 3.08. The van der Waals surface area contributed by atoms with Crippen LogP contribution in [0.1, 0.15) is 50.7 Å². The zero-order valence-corrected chi connectivity index (χ0v) is 20.2. The van der Waals surface area contributed by atoms with Crippen LogP contribution < -0.4 is 5.32 Å². The molecule has 2 heterocycles. The molecular weight excluding hydrogens is 410 g/mol.